The summed E-state index contributed by atoms with van der Waals surface area (Å²) in [5.41, 5.74) is 6.96. The smallest absolute Gasteiger partial charge is 0.124 e. The van der Waals surface area contributed by atoms with Crippen molar-refractivity contribution in [1.82, 2.24) is 0 Å². The fourth-order valence-corrected chi connectivity index (χ4v) is 3.06. The second-order valence-electron chi connectivity index (χ2n) is 6.17. The van der Waals surface area contributed by atoms with E-state index in [1.807, 2.05) is 0 Å². The molecule has 21 heavy (non-hydrogen) atoms. The molecule has 0 saturated heterocycles. The Hall–Kier alpha value is -1.09. The van der Waals surface area contributed by atoms with E-state index in [0.29, 0.717) is 0 Å². The number of fused-ring (bicyclic) bond motifs is 1. The predicted octanol–water partition coefficient (Wildman–Crippen LogP) is 5.12. The monoisotopic (exact) mass is 293 g/mol. The Morgan fingerprint density at radius 3 is 2.62 bits per heavy atom. The summed E-state index contributed by atoms with van der Waals surface area (Å²) >= 11 is 0. The van der Waals surface area contributed by atoms with Gasteiger partial charge in [0.15, 0.2) is 0 Å². The Labute approximate surface area is 127 Å². The first-order chi connectivity index (χ1) is 10.2. The molecule has 0 aliphatic carbocycles. The molecule has 0 spiro atoms. The average Bonchev–Trinajstić information content (AvgIpc) is 2.47. The molecule has 0 amide bonds. The van der Waals surface area contributed by atoms with E-state index < -0.39 is 0 Å². The van der Waals surface area contributed by atoms with E-state index in [9.17, 15) is 4.39 Å². The number of nitrogens with two attached hydrogens (primary N) is 1. The molecule has 118 valence electrons. The van der Waals surface area contributed by atoms with Crippen LogP contribution in [0.5, 0.6) is 5.75 Å². The molecule has 0 fully saturated rings. The molecule has 0 radical (unpaired) electrons. The molecule has 1 heterocycles. The van der Waals surface area contributed by atoms with E-state index in [0.717, 1.165) is 24.2 Å². The lowest BCUT2D eigenvalue weighted by atomic mass is 9.94. The molecule has 0 bridgehead atoms. The van der Waals surface area contributed by atoms with Gasteiger partial charge in [0.25, 0.3) is 0 Å². The molecular weight excluding hydrogens is 265 g/mol. The van der Waals surface area contributed by atoms with Gasteiger partial charge in [-0.2, -0.15) is 0 Å². The first kappa shape index (κ1) is 16.3. The highest BCUT2D eigenvalue weighted by Gasteiger charge is 2.25. The second kappa shape index (κ2) is 8.38. The maximum Gasteiger partial charge on any atom is 0.124 e. The first-order valence-electron chi connectivity index (χ1n) is 8.42. The Morgan fingerprint density at radius 2 is 1.86 bits per heavy atom. The normalized spacial score (nSPS) is 20.9. The molecule has 3 heteroatoms. The van der Waals surface area contributed by atoms with Crippen LogP contribution in [-0.4, -0.2) is 6.10 Å². The lowest BCUT2D eigenvalue weighted by molar-refractivity contribution is 0.146. The van der Waals surface area contributed by atoms with Gasteiger partial charge in [0.05, 0.1) is 0 Å². The molecule has 2 unspecified atom stereocenters. The molecule has 0 aromatic heterocycles. The van der Waals surface area contributed by atoms with Crippen molar-refractivity contribution >= 4 is 0 Å². The summed E-state index contributed by atoms with van der Waals surface area (Å²) < 4.78 is 19.2. The van der Waals surface area contributed by atoms with Gasteiger partial charge in [-0.05, 0) is 31.0 Å². The standard InChI is InChI=1S/C18H28FNO/c1-2-3-4-5-6-7-8-9-15-13-17(20)16-12-14(19)10-11-18(16)21-15/h10-12,15,17H,2-9,13,20H2,1H3. The number of ether oxygens (including phenoxy) is 1. The molecule has 2 N–H and O–H groups in total. The molecule has 1 aromatic rings. The number of benzene rings is 1. The lowest BCUT2D eigenvalue weighted by Gasteiger charge is -2.30. The molecular formula is C18H28FNO. The number of rotatable bonds is 8. The average molecular weight is 293 g/mol. The van der Waals surface area contributed by atoms with Crippen LogP contribution in [0.2, 0.25) is 0 Å². The Balaban J connectivity index is 1.70. The summed E-state index contributed by atoms with van der Waals surface area (Å²) in [7, 11) is 0. The summed E-state index contributed by atoms with van der Waals surface area (Å²) in [5, 5.41) is 0. The minimum Gasteiger partial charge on any atom is -0.490 e. The van der Waals surface area contributed by atoms with Crippen LogP contribution < -0.4 is 10.5 Å². The maximum absolute atomic E-state index is 13.2. The minimum atomic E-state index is -0.238. The number of unbranched alkanes of at least 4 members (excludes halogenated alkanes) is 6. The van der Waals surface area contributed by atoms with Gasteiger partial charge in [-0.1, -0.05) is 45.4 Å². The van der Waals surface area contributed by atoms with Crippen molar-refractivity contribution in [2.45, 2.75) is 76.9 Å². The Kier molecular flexibility index (Phi) is 6.50. The Morgan fingerprint density at radius 1 is 1.14 bits per heavy atom. The number of hydrogen-bond acceptors (Lipinski definition) is 2. The third-order valence-electron chi connectivity index (χ3n) is 4.31. The maximum atomic E-state index is 13.2. The fourth-order valence-electron chi connectivity index (χ4n) is 3.06. The summed E-state index contributed by atoms with van der Waals surface area (Å²) in [6.45, 7) is 2.24. The van der Waals surface area contributed by atoms with Gasteiger partial charge in [0.1, 0.15) is 17.7 Å². The zero-order chi connectivity index (χ0) is 15.1. The van der Waals surface area contributed by atoms with E-state index in [-0.39, 0.29) is 18.0 Å². The van der Waals surface area contributed by atoms with E-state index in [2.05, 4.69) is 6.92 Å². The highest BCUT2D eigenvalue weighted by atomic mass is 19.1. The third-order valence-corrected chi connectivity index (χ3v) is 4.31. The van der Waals surface area contributed by atoms with Gasteiger partial charge in [-0.15, -0.1) is 0 Å². The predicted molar refractivity (Wildman–Crippen MR) is 85.0 cm³/mol. The summed E-state index contributed by atoms with van der Waals surface area (Å²) in [6.07, 6.45) is 11.2. The van der Waals surface area contributed by atoms with Gasteiger partial charge < -0.3 is 10.5 Å². The zero-order valence-electron chi connectivity index (χ0n) is 13.1. The minimum absolute atomic E-state index is 0.0981. The van der Waals surface area contributed by atoms with E-state index in [1.165, 1.54) is 57.1 Å². The van der Waals surface area contributed by atoms with Gasteiger partial charge >= 0.3 is 0 Å². The summed E-state index contributed by atoms with van der Waals surface area (Å²) in [4.78, 5) is 0. The van der Waals surface area contributed by atoms with Crippen LogP contribution in [0.15, 0.2) is 18.2 Å². The number of halogens is 1. The first-order valence-corrected chi connectivity index (χ1v) is 8.42. The van der Waals surface area contributed by atoms with Gasteiger partial charge in [0, 0.05) is 18.0 Å². The number of hydrogen-bond donors (Lipinski definition) is 1. The zero-order valence-corrected chi connectivity index (χ0v) is 13.1. The van der Waals surface area contributed by atoms with Crippen LogP contribution in [0, 0.1) is 5.82 Å². The van der Waals surface area contributed by atoms with Crippen LogP contribution in [0.25, 0.3) is 0 Å². The largest absolute Gasteiger partial charge is 0.490 e. The van der Waals surface area contributed by atoms with E-state index in [1.54, 1.807) is 6.07 Å². The molecule has 2 rings (SSSR count). The SMILES string of the molecule is CCCCCCCCCC1CC(N)c2cc(F)ccc2O1. The van der Waals surface area contributed by atoms with Crippen molar-refractivity contribution in [1.29, 1.82) is 0 Å². The molecule has 1 aliphatic rings. The van der Waals surface area contributed by atoms with Crippen molar-refractivity contribution < 1.29 is 9.13 Å². The van der Waals surface area contributed by atoms with Crippen molar-refractivity contribution in [3.63, 3.8) is 0 Å². The molecule has 1 aliphatic heterocycles. The molecule has 2 nitrogen and oxygen atoms in total. The molecule has 2 atom stereocenters. The quantitative estimate of drug-likeness (QED) is 0.675. The lowest BCUT2D eigenvalue weighted by Crippen LogP contribution is -2.29. The van der Waals surface area contributed by atoms with Crippen molar-refractivity contribution in [2.24, 2.45) is 5.73 Å². The highest BCUT2D eigenvalue weighted by Crippen LogP contribution is 2.35. The van der Waals surface area contributed by atoms with Gasteiger partial charge in [-0.3, -0.25) is 0 Å². The Bertz CT molecular complexity index is 435. The van der Waals surface area contributed by atoms with Crippen LogP contribution in [0.1, 0.15) is 76.3 Å². The van der Waals surface area contributed by atoms with Gasteiger partial charge in [-0.25, -0.2) is 4.39 Å². The van der Waals surface area contributed by atoms with Crippen molar-refractivity contribution in [3.05, 3.63) is 29.6 Å². The molecule has 1 aromatic carbocycles. The highest BCUT2D eigenvalue weighted by molar-refractivity contribution is 5.38. The second-order valence-corrected chi connectivity index (χ2v) is 6.17. The van der Waals surface area contributed by atoms with E-state index in [4.69, 9.17) is 10.5 Å². The third kappa shape index (κ3) is 4.99. The van der Waals surface area contributed by atoms with Crippen LogP contribution in [0.3, 0.4) is 0 Å². The van der Waals surface area contributed by atoms with Crippen LogP contribution in [0.4, 0.5) is 4.39 Å². The summed E-state index contributed by atoms with van der Waals surface area (Å²) in [5.74, 6) is 0.529. The topological polar surface area (TPSA) is 35.2 Å². The van der Waals surface area contributed by atoms with Crippen LogP contribution in [-0.2, 0) is 0 Å². The molecule has 0 saturated carbocycles. The summed E-state index contributed by atoms with van der Waals surface area (Å²) in [6, 6.07) is 4.56. The fraction of sp³-hybridized carbons (Fsp3) is 0.667. The van der Waals surface area contributed by atoms with Gasteiger partial charge in [0.2, 0.25) is 0 Å². The van der Waals surface area contributed by atoms with Crippen LogP contribution >= 0.6 is 0 Å². The van der Waals surface area contributed by atoms with E-state index >= 15 is 0 Å². The van der Waals surface area contributed by atoms with Crippen molar-refractivity contribution in [3.8, 4) is 5.75 Å². The van der Waals surface area contributed by atoms with Crippen molar-refractivity contribution in [2.75, 3.05) is 0 Å².